The monoisotopic (exact) mass is 510 g/mol. The smallest absolute Gasteiger partial charge is 0.353 e. The predicted octanol–water partition coefficient (Wildman–Crippen LogP) is -0.942. The van der Waals surface area contributed by atoms with Crippen LogP contribution >= 0.6 is 34.9 Å². The van der Waals surface area contributed by atoms with Crippen LogP contribution in [0.1, 0.15) is 5.69 Å². The maximum absolute atomic E-state index is 12.8. The highest BCUT2D eigenvalue weighted by Gasteiger charge is 2.54. The molecule has 0 aliphatic carbocycles. The van der Waals surface area contributed by atoms with Gasteiger partial charge in [-0.25, -0.2) is 14.8 Å². The van der Waals surface area contributed by atoms with Crippen LogP contribution in [0.3, 0.4) is 0 Å². The fraction of sp³-hybridized carbons (Fsp3) is 0.188. The van der Waals surface area contributed by atoms with Gasteiger partial charge in [0.2, 0.25) is 5.95 Å². The zero-order valence-corrected chi connectivity index (χ0v) is 18.7. The first kappa shape index (κ1) is 22.6. The Morgan fingerprint density at radius 1 is 1.33 bits per heavy atom. The minimum atomic E-state index is -1.35. The molecule has 4 rings (SSSR count). The van der Waals surface area contributed by atoms with Gasteiger partial charge in [0.1, 0.15) is 27.8 Å². The zero-order valence-electron chi connectivity index (χ0n) is 16.2. The Morgan fingerprint density at radius 2 is 2.09 bits per heavy atom. The highest BCUT2D eigenvalue weighted by molar-refractivity contribution is 8.06. The lowest BCUT2D eigenvalue weighted by Crippen LogP contribution is -2.71. The highest BCUT2D eigenvalue weighted by Crippen LogP contribution is 2.44. The van der Waals surface area contributed by atoms with Gasteiger partial charge in [-0.2, -0.15) is 0 Å². The molecule has 0 radical (unpaired) electrons. The number of anilines is 2. The molecule has 2 aliphatic heterocycles. The lowest BCUT2D eigenvalue weighted by Gasteiger charge is -2.49. The number of carboxylic acid groups (broad SMARTS) is 1. The van der Waals surface area contributed by atoms with E-state index >= 15 is 0 Å². The molecule has 4 heterocycles. The number of thioether (sulfide) groups is 2. The summed E-state index contributed by atoms with van der Waals surface area (Å²) in [5.41, 5.74) is 9.88. The van der Waals surface area contributed by atoms with Gasteiger partial charge in [0.25, 0.3) is 17.4 Å². The molecule has 2 atom stereocenters. The van der Waals surface area contributed by atoms with Crippen LogP contribution in [0, 0.1) is 0 Å². The van der Waals surface area contributed by atoms with Crippen molar-refractivity contribution in [3.8, 4) is 0 Å². The standard InChI is InChI=1S/C16H14N8O6S3/c17-15-20-6(25)1-7(21-15)33-5-3-31-13-9(12(27)24(13)10(5)14(28)29)22-11(26)8(23-30)4-2-32-16(18)19-4/h1-2,9,13,30H,3H2,(H2,18,19)(H,22,26)(H,28,29)(H3,17,20,21,25)/b23-8+/t9?,13-/m1/s1. The van der Waals surface area contributed by atoms with Gasteiger partial charge in [-0.05, 0) is 0 Å². The van der Waals surface area contributed by atoms with Gasteiger partial charge in [0.15, 0.2) is 10.8 Å². The molecule has 172 valence electrons. The van der Waals surface area contributed by atoms with E-state index in [4.69, 9.17) is 11.5 Å². The zero-order chi connectivity index (χ0) is 23.9. The van der Waals surface area contributed by atoms with Gasteiger partial charge in [-0.3, -0.25) is 24.3 Å². The van der Waals surface area contributed by atoms with Crippen molar-refractivity contribution in [2.75, 3.05) is 17.2 Å². The van der Waals surface area contributed by atoms with Crippen molar-refractivity contribution in [1.82, 2.24) is 25.2 Å². The van der Waals surface area contributed by atoms with Crippen LogP contribution in [-0.2, 0) is 14.4 Å². The minimum absolute atomic E-state index is 0.0341. The Hall–Kier alpha value is -3.57. The summed E-state index contributed by atoms with van der Waals surface area (Å²) in [5, 5.41) is 25.4. The van der Waals surface area contributed by atoms with E-state index in [1.54, 1.807) is 0 Å². The highest BCUT2D eigenvalue weighted by atomic mass is 32.2. The van der Waals surface area contributed by atoms with Gasteiger partial charge in [0, 0.05) is 22.1 Å². The summed E-state index contributed by atoms with van der Waals surface area (Å²) in [6.45, 7) is 0. The summed E-state index contributed by atoms with van der Waals surface area (Å²) >= 11 is 3.16. The van der Waals surface area contributed by atoms with Crippen LogP contribution in [0.25, 0.3) is 0 Å². The fourth-order valence-corrected chi connectivity index (χ4v) is 6.15. The molecule has 1 saturated heterocycles. The molecule has 33 heavy (non-hydrogen) atoms. The number of hydrogen-bond donors (Lipinski definition) is 6. The molecule has 8 N–H and O–H groups in total. The molecule has 2 aromatic heterocycles. The third-order valence-corrected chi connectivity index (χ3v) is 7.61. The number of carboxylic acids is 1. The number of aromatic amines is 1. The minimum Gasteiger partial charge on any atom is -0.477 e. The molecule has 0 saturated carbocycles. The third-order valence-electron chi connectivity index (χ3n) is 4.47. The average Bonchev–Trinajstić information content (AvgIpc) is 3.17. The number of aromatic nitrogens is 3. The van der Waals surface area contributed by atoms with E-state index in [9.17, 15) is 29.5 Å². The van der Waals surface area contributed by atoms with Crippen LogP contribution in [0.5, 0.6) is 0 Å². The molecule has 2 amide bonds. The molecule has 0 spiro atoms. The molecular formula is C16H14N8O6S3. The summed E-state index contributed by atoms with van der Waals surface area (Å²) in [6, 6.07) is 0.108. The number of carbonyl (C=O) groups is 3. The topological polar surface area (TPSA) is 230 Å². The number of H-pyrrole nitrogens is 1. The van der Waals surface area contributed by atoms with Crippen molar-refractivity contribution in [3.05, 3.63) is 38.1 Å². The Morgan fingerprint density at radius 3 is 2.70 bits per heavy atom. The summed E-state index contributed by atoms with van der Waals surface area (Å²) in [5.74, 6) is -2.84. The second-order valence-corrected chi connectivity index (χ2v) is 9.64. The van der Waals surface area contributed by atoms with Crippen molar-refractivity contribution < 1.29 is 24.7 Å². The van der Waals surface area contributed by atoms with E-state index < -0.39 is 40.5 Å². The summed E-state index contributed by atoms with van der Waals surface area (Å²) < 4.78 is 0. The van der Waals surface area contributed by atoms with Gasteiger partial charge in [-0.1, -0.05) is 16.9 Å². The number of amides is 2. The van der Waals surface area contributed by atoms with Crippen molar-refractivity contribution >= 4 is 69.4 Å². The molecule has 2 aromatic rings. The second-order valence-electron chi connectivity index (χ2n) is 6.53. The number of hydrogen-bond acceptors (Lipinski definition) is 13. The first-order chi connectivity index (χ1) is 15.7. The maximum Gasteiger partial charge on any atom is 0.353 e. The molecule has 0 aromatic carbocycles. The van der Waals surface area contributed by atoms with Crippen molar-refractivity contribution in [3.63, 3.8) is 0 Å². The Balaban J connectivity index is 1.54. The number of aliphatic carboxylic acids is 1. The Bertz CT molecular complexity index is 1290. The number of rotatable bonds is 6. The second kappa shape index (κ2) is 8.75. The Kier molecular flexibility index (Phi) is 6.00. The van der Waals surface area contributed by atoms with Gasteiger partial charge < -0.3 is 27.1 Å². The van der Waals surface area contributed by atoms with Gasteiger partial charge in [0.05, 0.1) is 0 Å². The predicted molar refractivity (Wildman–Crippen MR) is 120 cm³/mol. The van der Waals surface area contributed by atoms with E-state index in [0.29, 0.717) is 0 Å². The molecule has 1 fully saturated rings. The molecule has 17 heteroatoms. The quantitative estimate of drug-likeness (QED) is 0.0909. The first-order valence-electron chi connectivity index (χ1n) is 8.89. The van der Waals surface area contributed by atoms with Crippen molar-refractivity contribution in [2.24, 2.45) is 5.16 Å². The van der Waals surface area contributed by atoms with Crippen LogP contribution in [0.2, 0.25) is 0 Å². The van der Waals surface area contributed by atoms with E-state index in [-0.39, 0.29) is 38.2 Å². The Labute approximate surface area is 196 Å². The van der Waals surface area contributed by atoms with E-state index in [1.807, 2.05) is 0 Å². The SMILES string of the molecule is Nc1nc(SC2=C(C(=O)O)N3C(=O)C(NC(=O)/C(=N/O)c4csc(N)n4)[C@H]3SC2)cc(=O)[nH]1. The largest absolute Gasteiger partial charge is 0.477 e. The molecule has 1 unspecified atom stereocenters. The molecule has 0 bridgehead atoms. The molecule has 2 aliphatic rings. The number of nitrogens with zero attached hydrogens (tertiary/aromatic N) is 4. The summed E-state index contributed by atoms with van der Waals surface area (Å²) in [6.07, 6.45) is 0. The lowest BCUT2D eigenvalue weighted by molar-refractivity contribution is -0.150. The van der Waals surface area contributed by atoms with E-state index in [1.165, 1.54) is 17.1 Å². The number of fused-ring (bicyclic) bond motifs is 1. The number of nitrogens with one attached hydrogen (secondary N) is 2. The maximum atomic E-state index is 12.8. The summed E-state index contributed by atoms with van der Waals surface area (Å²) in [7, 11) is 0. The number of nitrogen functional groups attached to an aromatic ring is 2. The number of nitrogens with two attached hydrogens (primary N) is 2. The molecular weight excluding hydrogens is 496 g/mol. The molecule has 14 nitrogen and oxygen atoms in total. The van der Waals surface area contributed by atoms with Gasteiger partial charge in [-0.15, -0.1) is 23.1 Å². The van der Waals surface area contributed by atoms with Crippen molar-refractivity contribution in [2.45, 2.75) is 16.4 Å². The number of oxime groups is 1. The average molecular weight is 511 g/mol. The van der Waals surface area contributed by atoms with Crippen molar-refractivity contribution in [1.29, 1.82) is 0 Å². The van der Waals surface area contributed by atoms with Gasteiger partial charge >= 0.3 is 5.97 Å². The normalized spacial score (nSPS) is 20.3. The number of thiazole rings is 1. The van der Waals surface area contributed by atoms with E-state index in [0.717, 1.165) is 34.1 Å². The van der Waals surface area contributed by atoms with Crippen LogP contribution in [0.15, 0.2) is 37.0 Å². The first-order valence-corrected chi connectivity index (χ1v) is 11.6. The number of carbonyl (C=O) groups excluding carboxylic acids is 2. The third kappa shape index (κ3) is 4.24. The lowest BCUT2D eigenvalue weighted by atomic mass is 10.0. The van der Waals surface area contributed by atoms with Crippen LogP contribution in [0.4, 0.5) is 11.1 Å². The van der Waals surface area contributed by atoms with Crippen LogP contribution in [-0.4, -0.2) is 70.8 Å². The fourth-order valence-electron chi connectivity index (χ4n) is 3.12. The summed E-state index contributed by atoms with van der Waals surface area (Å²) in [4.78, 5) is 60.3. The number of β-lactam (4-membered cyclic amide) rings is 1. The van der Waals surface area contributed by atoms with Crippen LogP contribution < -0.4 is 22.3 Å². The van der Waals surface area contributed by atoms with E-state index in [2.05, 4.69) is 25.4 Å².